The average Bonchev–Trinajstić information content (AvgIpc) is 1.70. The standard InChI is InChI=1S/C18H21N2.5C17H19N2/c1-12-6-8-20-9-7-13(2)18(20)17(12)16-10-14(3)15(4)11-19(16)5;2*1-12-7-9-18(4)15(10-12)16-14(3)11-19-8-5-6-13(2)17(16)19;1-12-8-9-18(4)16(10-12)17-13(2)11-15-7-5-6-14(3)19(15)17;2*1-12-8-10-18(4)16(11-12)17-13(2)15-7-5-6-9-19(15)14(17)3/h6-11H,1-5H3;5*5-11H,1-4H3/q6*+1. The first-order chi connectivity index (χ1) is 54.9. The smallest absolute Gasteiger partial charge is 0.229 e. The number of rotatable bonds is 6. The van der Waals surface area contributed by atoms with Crippen LogP contribution in [0.4, 0.5) is 0 Å². The van der Waals surface area contributed by atoms with Crippen molar-refractivity contribution in [2.45, 2.75) is 132 Å². The van der Waals surface area contributed by atoms with Crippen molar-refractivity contribution in [2.24, 2.45) is 42.3 Å². The maximum absolute atomic E-state index is 2.34. The summed E-state index contributed by atoms with van der Waals surface area (Å²) in [5.74, 6) is 0. The molecule has 0 radical (unpaired) electrons. The first-order valence-corrected chi connectivity index (χ1v) is 40.1. The molecule has 0 aliphatic carbocycles. The molecule has 0 fully saturated rings. The molecule has 0 saturated carbocycles. The van der Waals surface area contributed by atoms with E-state index in [0.29, 0.717) is 0 Å². The number of aromatic nitrogens is 12. The van der Waals surface area contributed by atoms with E-state index in [2.05, 4.69) is 478 Å². The van der Waals surface area contributed by atoms with Crippen molar-refractivity contribution >= 4 is 33.1 Å². The number of hydrogen-bond donors (Lipinski definition) is 0. The Morgan fingerprint density at radius 2 is 0.626 bits per heavy atom. The van der Waals surface area contributed by atoms with Gasteiger partial charge in [0, 0.05) is 156 Å². The quantitative estimate of drug-likeness (QED) is 0.149. The zero-order valence-corrected chi connectivity index (χ0v) is 72.5. The van der Waals surface area contributed by atoms with Crippen molar-refractivity contribution in [1.82, 2.24) is 26.4 Å². The zero-order valence-electron chi connectivity index (χ0n) is 72.5. The Balaban J connectivity index is 0.000000120. The molecular weight excluding hydrogens is 1410 g/mol. The first kappa shape index (κ1) is 80.5. The van der Waals surface area contributed by atoms with Crippen LogP contribution in [-0.2, 0) is 42.3 Å². The second kappa shape index (κ2) is 33.3. The second-order valence-corrected chi connectivity index (χ2v) is 32.2. The van der Waals surface area contributed by atoms with Gasteiger partial charge in [0.15, 0.2) is 37.2 Å². The first-order valence-electron chi connectivity index (χ1n) is 40.1. The fraction of sp³-hybridized carbons (Fsp3) is 0.243. The van der Waals surface area contributed by atoms with Crippen molar-refractivity contribution in [3.63, 3.8) is 0 Å². The maximum Gasteiger partial charge on any atom is 0.229 e. The lowest BCUT2D eigenvalue weighted by atomic mass is 10.0. The summed E-state index contributed by atoms with van der Waals surface area (Å²) in [6.07, 6.45) is 30.1. The fourth-order valence-corrected chi connectivity index (χ4v) is 16.9. The predicted molar refractivity (Wildman–Crippen MR) is 474 cm³/mol. The van der Waals surface area contributed by atoms with Gasteiger partial charge in [0.05, 0.1) is 44.4 Å². The van der Waals surface area contributed by atoms with E-state index in [4.69, 9.17) is 0 Å². The molecule has 18 heterocycles. The van der Waals surface area contributed by atoms with Gasteiger partial charge in [-0.25, -0.2) is 22.8 Å². The summed E-state index contributed by atoms with van der Waals surface area (Å²) in [6.45, 7) is 41.3. The molecule has 582 valence electrons. The van der Waals surface area contributed by atoms with Gasteiger partial charge in [-0.15, -0.1) is 0 Å². The topological polar surface area (TPSA) is 49.7 Å². The monoisotopic (exact) mass is 1520 g/mol. The molecule has 0 bridgehead atoms. The van der Waals surface area contributed by atoms with Crippen LogP contribution in [0.2, 0.25) is 0 Å². The lowest BCUT2D eigenvalue weighted by Crippen LogP contribution is -2.31. The maximum atomic E-state index is 2.34. The fourth-order valence-electron chi connectivity index (χ4n) is 16.9. The van der Waals surface area contributed by atoms with Crippen LogP contribution in [0.5, 0.6) is 0 Å². The Labute approximate surface area is 680 Å². The Kier molecular flexibility index (Phi) is 23.3. The molecule has 115 heavy (non-hydrogen) atoms. The summed E-state index contributed by atoms with van der Waals surface area (Å²) in [5.41, 5.74) is 48.3. The third-order valence-corrected chi connectivity index (χ3v) is 23.3. The molecule has 18 aromatic heterocycles. The lowest BCUT2D eigenvalue weighted by Gasteiger charge is -2.10. The number of hydrogen-bond acceptors (Lipinski definition) is 0. The molecule has 0 saturated heterocycles. The Morgan fingerprint density at radius 3 is 1.06 bits per heavy atom. The van der Waals surface area contributed by atoms with Crippen LogP contribution in [0.15, 0.2) is 251 Å². The molecule has 0 unspecified atom stereocenters. The van der Waals surface area contributed by atoms with E-state index in [-0.39, 0.29) is 0 Å². The minimum Gasteiger partial charge on any atom is -0.323 e. The van der Waals surface area contributed by atoms with Gasteiger partial charge in [-0.05, 0) is 282 Å². The van der Waals surface area contributed by atoms with Crippen molar-refractivity contribution in [3.8, 4) is 67.7 Å². The van der Waals surface area contributed by atoms with Gasteiger partial charge in [0.25, 0.3) is 0 Å². The zero-order chi connectivity index (χ0) is 82.3. The van der Waals surface area contributed by atoms with Crippen molar-refractivity contribution < 1.29 is 27.4 Å². The van der Waals surface area contributed by atoms with E-state index < -0.39 is 0 Å². The van der Waals surface area contributed by atoms with E-state index in [1.165, 1.54) is 207 Å². The van der Waals surface area contributed by atoms with Gasteiger partial charge in [-0.2, -0.15) is 4.57 Å². The van der Waals surface area contributed by atoms with E-state index in [9.17, 15) is 0 Å². The molecule has 0 N–H and O–H groups in total. The van der Waals surface area contributed by atoms with E-state index in [0.717, 1.165) is 0 Å². The van der Waals surface area contributed by atoms with Crippen LogP contribution in [-0.4, -0.2) is 26.4 Å². The highest BCUT2D eigenvalue weighted by molar-refractivity contribution is 5.86. The Bertz CT molecular complexity index is 6200. The molecule has 12 nitrogen and oxygen atoms in total. The van der Waals surface area contributed by atoms with Gasteiger partial charge in [-0.1, -0.05) is 30.3 Å². The van der Waals surface area contributed by atoms with Crippen LogP contribution >= 0.6 is 0 Å². The van der Waals surface area contributed by atoms with Gasteiger partial charge in [-0.3, -0.25) is 0 Å². The normalized spacial score (nSPS) is 11.2. The van der Waals surface area contributed by atoms with E-state index in [1.54, 1.807) is 0 Å². The minimum absolute atomic E-state index is 1.26. The van der Waals surface area contributed by atoms with Crippen LogP contribution in [0.25, 0.3) is 101 Å². The summed E-state index contributed by atoms with van der Waals surface area (Å²) in [5, 5.41) is 0. The van der Waals surface area contributed by atoms with Crippen molar-refractivity contribution in [3.05, 3.63) is 357 Å². The van der Waals surface area contributed by atoms with Crippen LogP contribution in [0.3, 0.4) is 0 Å². The lowest BCUT2D eigenvalue weighted by molar-refractivity contribution is -0.660. The van der Waals surface area contributed by atoms with Gasteiger partial charge in [0.2, 0.25) is 34.2 Å². The highest BCUT2D eigenvalue weighted by Crippen LogP contribution is 2.36. The molecule has 0 aromatic carbocycles. The molecule has 0 amide bonds. The van der Waals surface area contributed by atoms with Gasteiger partial charge in [0.1, 0.15) is 48.0 Å². The highest BCUT2D eigenvalue weighted by atomic mass is 15.0. The average molecular weight is 1520 g/mol. The second-order valence-electron chi connectivity index (χ2n) is 32.2. The molecule has 0 atom stereocenters. The molecule has 18 rings (SSSR count). The molecule has 18 aromatic rings. The van der Waals surface area contributed by atoms with Crippen molar-refractivity contribution in [1.29, 1.82) is 0 Å². The van der Waals surface area contributed by atoms with E-state index in [1.807, 2.05) is 0 Å². The number of pyridine rings is 12. The molecule has 0 spiro atoms. The molecule has 12 heteroatoms. The van der Waals surface area contributed by atoms with E-state index >= 15 is 0 Å². The molecular formula is C103H116N12+6. The predicted octanol–water partition coefficient (Wildman–Crippen LogP) is 20.4. The third kappa shape index (κ3) is 16.0. The SMILES string of the molecule is Cc1cc(-c2c(C)ccn3ccc(C)c23)[n+](C)cc1C.Cc1cc[n+](C)c(-c2c(C)c3ccccn3c2C)c1.Cc1cc[n+](C)c(-c2c(C)c3ccccn3c2C)c1.Cc1cc[n+](C)c(-c2c(C)cc3cccc(C)n23)c1.Cc1cc[n+](C)c(-c2c(C)cn3cccc(C)c23)c1.Cc1cc[n+](C)c(-c2c(C)cn3cccc(C)c23)c1. The summed E-state index contributed by atoms with van der Waals surface area (Å²) >= 11 is 0. The van der Waals surface area contributed by atoms with Crippen molar-refractivity contribution in [2.75, 3.05) is 0 Å². The summed E-state index contributed by atoms with van der Waals surface area (Å²) in [6, 6.07) is 58.6. The van der Waals surface area contributed by atoms with Crippen LogP contribution in [0, 0.1) is 132 Å². The van der Waals surface area contributed by atoms with Crippen LogP contribution < -0.4 is 27.4 Å². The Hall–Kier alpha value is -12.5. The molecule has 0 aliphatic rings. The highest BCUT2D eigenvalue weighted by Gasteiger charge is 2.26. The summed E-state index contributed by atoms with van der Waals surface area (Å²) in [4.78, 5) is 0. The van der Waals surface area contributed by atoms with Gasteiger partial charge < -0.3 is 26.4 Å². The largest absolute Gasteiger partial charge is 0.323 e. The molecule has 0 aliphatic heterocycles. The Morgan fingerprint density at radius 1 is 0.252 bits per heavy atom. The summed E-state index contributed by atoms with van der Waals surface area (Å²) < 4.78 is 26.8. The van der Waals surface area contributed by atoms with Crippen LogP contribution in [0.1, 0.15) is 106 Å². The third-order valence-electron chi connectivity index (χ3n) is 23.3. The summed E-state index contributed by atoms with van der Waals surface area (Å²) in [7, 11) is 12.7. The number of nitrogens with zero attached hydrogens (tertiary/aromatic N) is 12. The van der Waals surface area contributed by atoms with Gasteiger partial charge >= 0.3 is 0 Å². The number of fused-ring (bicyclic) bond motifs is 6. The minimum atomic E-state index is 1.26. The number of aryl methyl sites for hydroxylation is 25.